The summed E-state index contributed by atoms with van der Waals surface area (Å²) in [6, 6.07) is 7.13. The number of nitrogens with one attached hydrogen (secondary N) is 2. The molecule has 4 N–H and O–H groups in total. The number of hydrogen-bond acceptors (Lipinski definition) is 7. The molecule has 0 bridgehead atoms. The van der Waals surface area contributed by atoms with Crippen molar-refractivity contribution in [2.45, 2.75) is 20.4 Å². The highest BCUT2D eigenvalue weighted by molar-refractivity contribution is 7.07. The molecule has 0 fully saturated rings. The molecule has 0 aliphatic rings. The van der Waals surface area contributed by atoms with E-state index in [1.54, 1.807) is 38.2 Å². The van der Waals surface area contributed by atoms with Crippen molar-refractivity contribution in [3.63, 3.8) is 0 Å². The van der Waals surface area contributed by atoms with E-state index in [0.717, 1.165) is 16.9 Å². The van der Waals surface area contributed by atoms with Crippen LogP contribution in [0.1, 0.15) is 24.2 Å². The number of esters is 1. The van der Waals surface area contributed by atoms with Crippen LogP contribution in [0.5, 0.6) is 0 Å². The van der Waals surface area contributed by atoms with Gasteiger partial charge in [-0.3, -0.25) is 14.2 Å². The first kappa shape index (κ1) is 20.9. The number of hydrogen-bond donors (Lipinski definition) is 3. The van der Waals surface area contributed by atoms with Gasteiger partial charge in [-0.15, -0.1) is 11.3 Å². The van der Waals surface area contributed by atoms with Crippen molar-refractivity contribution >= 4 is 51.6 Å². The number of benzene rings is 1. The van der Waals surface area contributed by atoms with Gasteiger partial charge in [0.25, 0.3) is 11.5 Å². The standard InChI is InChI=1S/C20H19N5O4S/c1-3-25-18(27)16(30-19(25)13(8-21)20(28)29-4-2)10-23-11-5-6-15-12(7-11)14(9-24-15)17(22)26/h5-7,9-10,23-24H,3-4H2,1-2H3,(H2,22,26)/b16-10+,19-13-. The Balaban J connectivity index is 2.08. The number of carbonyl (C=O) groups is 2. The van der Waals surface area contributed by atoms with Crippen molar-refractivity contribution in [1.82, 2.24) is 9.55 Å². The average Bonchev–Trinajstić information content (AvgIpc) is 3.28. The van der Waals surface area contributed by atoms with Gasteiger partial charge in [0.2, 0.25) is 0 Å². The lowest BCUT2D eigenvalue weighted by Gasteiger charge is -2.01. The van der Waals surface area contributed by atoms with Crippen LogP contribution in [-0.4, -0.2) is 28.0 Å². The van der Waals surface area contributed by atoms with Crippen LogP contribution in [0, 0.1) is 11.3 Å². The van der Waals surface area contributed by atoms with E-state index in [0.29, 0.717) is 27.7 Å². The monoisotopic (exact) mass is 425 g/mol. The largest absolute Gasteiger partial charge is 0.462 e. The number of primary amides is 1. The molecular formula is C20H19N5O4S. The van der Waals surface area contributed by atoms with Gasteiger partial charge < -0.3 is 20.8 Å². The number of nitrogens with zero attached hydrogens (tertiary/aromatic N) is 2. The van der Waals surface area contributed by atoms with Crippen molar-refractivity contribution in [3.8, 4) is 6.07 Å². The van der Waals surface area contributed by atoms with Crippen LogP contribution in [0.15, 0.2) is 29.2 Å². The summed E-state index contributed by atoms with van der Waals surface area (Å²) in [5, 5.41) is 13.1. The Morgan fingerprint density at radius 1 is 1.40 bits per heavy atom. The Hall–Kier alpha value is -3.84. The van der Waals surface area contributed by atoms with Crippen LogP contribution in [0.4, 0.5) is 5.69 Å². The summed E-state index contributed by atoms with van der Waals surface area (Å²) >= 11 is 1.02. The van der Waals surface area contributed by atoms with Crippen molar-refractivity contribution in [3.05, 3.63) is 49.5 Å². The topological polar surface area (TPSA) is 143 Å². The van der Waals surface area contributed by atoms with E-state index in [2.05, 4.69) is 10.3 Å². The molecule has 154 valence electrons. The van der Waals surface area contributed by atoms with Crippen LogP contribution in [-0.2, 0) is 16.1 Å². The van der Waals surface area contributed by atoms with Crippen LogP contribution in [0.3, 0.4) is 0 Å². The number of fused-ring (bicyclic) bond motifs is 1. The number of anilines is 1. The molecule has 2 heterocycles. The number of H-pyrrole nitrogens is 1. The van der Waals surface area contributed by atoms with E-state index in [1.807, 2.05) is 6.07 Å². The van der Waals surface area contributed by atoms with E-state index in [-0.39, 0.29) is 22.4 Å². The van der Waals surface area contributed by atoms with E-state index >= 15 is 0 Å². The first-order chi connectivity index (χ1) is 14.4. The normalized spacial score (nSPS) is 12.5. The predicted molar refractivity (Wildman–Crippen MR) is 114 cm³/mol. The van der Waals surface area contributed by atoms with E-state index in [4.69, 9.17) is 10.5 Å². The second kappa shape index (κ2) is 8.67. The van der Waals surface area contributed by atoms with Gasteiger partial charge in [-0.2, -0.15) is 5.26 Å². The summed E-state index contributed by atoms with van der Waals surface area (Å²) in [6.07, 6.45) is 3.04. The molecule has 0 unspecified atom stereocenters. The maximum atomic E-state index is 12.7. The van der Waals surface area contributed by atoms with Crippen molar-refractivity contribution in [1.29, 1.82) is 5.26 Å². The van der Waals surface area contributed by atoms with Gasteiger partial charge in [0.1, 0.15) is 15.3 Å². The zero-order valence-corrected chi connectivity index (χ0v) is 17.1. The fourth-order valence-corrected chi connectivity index (χ4v) is 4.02. The Morgan fingerprint density at radius 3 is 2.80 bits per heavy atom. The van der Waals surface area contributed by atoms with E-state index in [9.17, 15) is 19.6 Å². The smallest absolute Gasteiger partial charge is 0.351 e. The third-order valence-electron chi connectivity index (χ3n) is 4.35. The minimum absolute atomic E-state index is 0.126. The zero-order valence-electron chi connectivity index (χ0n) is 16.3. The summed E-state index contributed by atoms with van der Waals surface area (Å²) in [5.74, 6) is -1.31. The minimum atomic E-state index is -0.764. The molecule has 0 atom stereocenters. The Bertz CT molecular complexity index is 1360. The number of rotatable bonds is 6. The molecule has 1 amide bonds. The molecule has 2 aromatic heterocycles. The summed E-state index contributed by atoms with van der Waals surface area (Å²) in [7, 11) is 0. The van der Waals surface area contributed by atoms with Crippen molar-refractivity contribution in [2.24, 2.45) is 5.73 Å². The first-order valence-corrected chi connectivity index (χ1v) is 9.91. The number of nitriles is 1. The average molecular weight is 425 g/mol. The maximum absolute atomic E-state index is 12.7. The van der Waals surface area contributed by atoms with Crippen LogP contribution < -0.4 is 25.8 Å². The van der Waals surface area contributed by atoms with E-state index in [1.165, 1.54) is 10.8 Å². The Morgan fingerprint density at radius 2 is 2.17 bits per heavy atom. The van der Waals surface area contributed by atoms with Gasteiger partial charge in [0.15, 0.2) is 5.57 Å². The second-order valence-electron chi connectivity index (χ2n) is 6.14. The van der Waals surface area contributed by atoms with Gasteiger partial charge in [-0.1, -0.05) is 0 Å². The number of aromatic amines is 1. The highest BCUT2D eigenvalue weighted by Crippen LogP contribution is 2.22. The van der Waals surface area contributed by atoms with E-state index < -0.39 is 11.9 Å². The van der Waals surface area contributed by atoms with Gasteiger partial charge in [-0.25, -0.2) is 4.79 Å². The van der Waals surface area contributed by atoms with Gasteiger partial charge in [0, 0.05) is 35.5 Å². The predicted octanol–water partition coefficient (Wildman–Crippen LogP) is 0.597. The lowest BCUT2D eigenvalue weighted by Crippen LogP contribution is -2.32. The fourth-order valence-electron chi connectivity index (χ4n) is 2.94. The third-order valence-corrected chi connectivity index (χ3v) is 5.48. The quantitative estimate of drug-likeness (QED) is 0.494. The zero-order chi connectivity index (χ0) is 21.8. The number of ether oxygens (including phenoxy) is 1. The molecule has 10 heteroatoms. The van der Waals surface area contributed by atoms with Crippen molar-refractivity contribution in [2.75, 3.05) is 11.9 Å². The molecule has 1 aromatic carbocycles. The fraction of sp³-hybridized carbons (Fsp3) is 0.200. The number of nitrogens with two attached hydrogens (primary N) is 1. The second-order valence-corrected chi connectivity index (χ2v) is 7.17. The van der Waals surface area contributed by atoms with Crippen LogP contribution >= 0.6 is 11.3 Å². The van der Waals surface area contributed by atoms with Crippen molar-refractivity contribution < 1.29 is 14.3 Å². The molecule has 3 rings (SSSR count). The van der Waals surface area contributed by atoms with Crippen LogP contribution in [0.25, 0.3) is 22.7 Å². The Kier molecular flexibility index (Phi) is 6.03. The molecule has 0 spiro atoms. The number of carbonyl (C=O) groups excluding carboxylic acids is 2. The highest BCUT2D eigenvalue weighted by atomic mass is 32.1. The van der Waals surface area contributed by atoms with Gasteiger partial charge in [0.05, 0.1) is 12.2 Å². The Labute approximate surface area is 174 Å². The molecule has 0 radical (unpaired) electrons. The maximum Gasteiger partial charge on any atom is 0.351 e. The third kappa shape index (κ3) is 3.83. The SMILES string of the molecule is CCOC(=O)/C(C#N)=c1\s/c(=C/Nc2ccc3[nH]cc(C(N)=O)c3c2)c(=O)n1CC. The summed E-state index contributed by atoms with van der Waals surface area (Å²) < 4.78 is 6.83. The molecular weight excluding hydrogens is 406 g/mol. The van der Waals surface area contributed by atoms with Gasteiger partial charge >= 0.3 is 5.97 Å². The molecule has 0 aliphatic carbocycles. The number of aromatic nitrogens is 2. The molecule has 9 nitrogen and oxygen atoms in total. The lowest BCUT2D eigenvalue weighted by molar-refractivity contribution is -0.136. The molecule has 0 saturated heterocycles. The minimum Gasteiger partial charge on any atom is -0.462 e. The summed E-state index contributed by atoms with van der Waals surface area (Å²) in [4.78, 5) is 39.3. The molecule has 30 heavy (non-hydrogen) atoms. The molecule has 0 saturated carbocycles. The molecule has 3 aromatic rings. The molecule has 0 aliphatic heterocycles. The van der Waals surface area contributed by atoms with Gasteiger partial charge in [-0.05, 0) is 32.0 Å². The summed E-state index contributed by atoms with van der Waals surface area (Å²) in [6.45, 7) is 3.81. The number of thiazole rings is 1. The summed E-state index contributed by atoms with van der Waals surface area (Å²) in [5.41, 5.74) is 6.60. The first-order valence-electron chi connectivity index (χ1n) is 9.10. The number of amides is 1. The highest BCUT2D eigenvalue weighted by Gasteiger charge is 2.16. The van der Waals surface area contributed by atoms with Crippen LogP contribution in [0.2, 0.25) is 0 Å². The lowest BCUT2D eigenvalue weighted by atomic mass is 10.1.